The number of rotatable bonds is 5. The van der Waals surface area contributed by atoms with Gasteiger partial charge in [-0.15, -0.1) is 0 Å². The Morgan fingerprint density at radius 3 is 1.08 bits per heavy atom. The van der Waals surface area contributed by atoms with Crippen LogP contribution >= 0.6 is 0 Å². The highest BCUT2D eigenvalue weighted by molar-refractivity contribution is 6.19. The zero-order valence-electron chi connectivity index (χ0n) is 27.4. The summed E-state index contributed by atoms with van der Waals surface area (Å²) in [5.74, 6) is 0. The van der Waals surface area contributed by atoms with Gasteiger partial charge in [-0.05, 0) is 88.0 Å². The van der Waals surface area contributed by atoms with Crippen LogP contribution in [0.5, 0.6) is 0 Å². The summed E-state index contributed by atoms with van der Waals surface area (Å²) in [4.78, 5) is 0. The quantitative estimate of drug-likeness (QED) is 0.178. The highest BCUT2D eigenvalue weighted by Crippen LogP contribution is 2.40. The molecular weight excluding hydrogens is 605 g/mol. The van der Waals surface area contributed by atoms with Crippen LogP contribution in [0.3, 0.4) is 0 Å². The normalized spacial score (nSPS) is 11.6. The standard InChI is InChI=1S/C48H32N2/c1-3-14-33(15-4-1)35-18-11-19-36(28-35)38-21-13-23-40(30-38)50-46-27-10-8-25-42(46)44-31-47-43(32-48(44)50)41-24-7-9-26-45(41)49(47)39-22-12-20-37(29-39)34-16-5-2-6-17-34/h1-32H. The molecule has 0 aliphatic heterocycles. The molecule has 2 nitrogen and oxygen atoms in total. The van der Waals surface area contributed by atoms with Crippen molar-refractivity contribution in [2.24, 2.45) is 0 Å². The van der Waals surface area contributed by atoms with E-state index in [0.717, 1.165) is 11.4 Å². The van der Waals surface area contributed by atoms with E-state index in [1.165, 1.54) is 77.0 Å². The van der Waals surface area contributed by atoms with Crippen molar-refractivity contribution < 1.29 is 0 Å². The van der Waals surface area contributed by atoms with Crippen LogP contribution in [0.25, 0.3) is 88.4 Å². The van der Waals surface area contributed by atoms with E-state index < -0.39 is 0 Å². The SMILES string of the molecule is c1ccc(-c2cccc(-c3cccc(-n4c5ccccc5c5cc6c(cc54)c4ccccc4n6-c4cccc(-c5ccccc5)c4)c3)c2)cc1. The molecular formula is C48H32N2. The fraction of sp³-hybridized carbons (Fsp3) is 0. The van der Waals surface area contributed by atoms with E-state index in [0.29, 0.717) is 0 Å². The number of benzene rings is 8. The van der Waals surface area contributed by atoms with E-state index in [-0.39, 0.29) is 0 Å². The van der Waals surface area contributed by atoms with Gasteiger partial charge >= 0.3 is 0 Å². The minimum Gasteiger partial charge on any atom is -0.309 e. The molecule has 0 saturated carbocycles. The van der Waals surface area contributed by atoms with Gasteiger partial charge in [0.2, 0.25) is 0 Å². The Hall–Kier alpha value is -6.64. The van der Waals surface area contributed by atoms with Crippen molar-refractivity contribution in [2.45, 2.75) is 0 Å². The van der Waals surface area contributed by atoms with Gasteiger partial charge in [-0.2, -0.15) is 0 Å². The third kappa shape index (κ3) is 4.57. The Morgan fingerprint density at radius 1 is 0.220 bits per heavy atom. The van der Waals surface area contributed by atoms with Crippen molar-refractivity contribution in [2.75, 3.05) is 0 Å². The maximum absolute atomic E-state index is 2.44. The molecule has 2 aromatic heterocycles. The van der Waals surface area contributed by atoms with Crippen molar-refractivity contribution in [3.05, 3.63) is 194 Å². The van der Waals surface area contributed by atoms with Crippen LogP contribution in [0, 0.1) is 0 Å². The Bertz CT molecular complexity index is 2860. The van der Waals surface area contributed by atoms with E-state index in [1.54, 1.807) is 0 Å². The molecule has 0 bridgehead atoms. The van der Waals surface area contributed by atoms with Crippen LogP contribution in [-0.4, -0.2) is 9.13 Å². The van der Waals surface area contributed by atoms with Gasteiger partial charge in [0.1, 0.15) is 0 Å². The van der Waals surface area contributed by atoms with E-state index in [2.05, 4.69) is 203 Å². The topological polar surface area (TPSA) is 9.86 Å². The molecule has 0 aliphatic carbocycles. The lowest BCUT2D eigenvalue weighted by Crippen LogP contribution is -1.95. The molecule has 0 N–H and O–H groups in total. The highest BCUT2D eigenvalue weighted by atomic mass is 15.0. The zero-order valence-corrected chi connectivity index (χ0v) is 27.4. The largest absolute Gasteiger partial charge is 0.309 e. The lowest BCUT2D eigenvalue weighted by atomic mass is 9.99. The average molecular weight is 637 g/mol. The van der Waals surface area contributed by atoms with Gasteiger partial charge in [-0.25, -0.2) is 0 Å². The Labute approximate surface area is 290 Å². The molecule has 2 heterocycles. The zero-order chi connectivity index (χ0) is 33.0. The van der Waals surface area contributed by atoms with E-state index in [9.17, 15) is 0 Å². The predicted molar refractivity (Wildman–Crippen MR) is 211 cm³/mol. The molecule has 0 saturated heterocycles. The Morgan fingerprint density at radius 2 is 0.580 bits per heavy atom. The smallest absolute Gasteiger partial charge is 0.0548 e. The third-order valence-electron chi connectivity index (χ3n) is 10.1. The summed E-state index contributed by atoms with van der Waals surface area (Å²) in [5.41, 5.74) is 14.4. The summed E-state index contributed by atoms with van der Waals surface area (Å²) < 4.78 is 4.87. The van der Waals surface area contributed by atoms with Crippen molar-refractivity contribution >= 4 is 43.6 Å². The third-order valence-corrected chi connectivity index (χ3v) is 10.1. The molecule has 0 spiro atoms. The minimum atomic E-state index is 1.15. The predicted octanol–water partition coefficient (Wildman–Crippen LogP) is 12.9. The Balaban J connectivity index is 1.19. The summed E-state index contributed by atoms with van der Waals surface area (Å²) in [6.45, 7) is 0. The molecule has 10 rings (SSSR count). The minimum absolute atomic E-state index is 1.15. The second kappa shape index (κ2) is 11.5. The van der Waals surface area contributed by atoms with Gasteiger partial charge in [-0.3, -0.25) is 0 Å². The molecule has 50 heavy (non-hydrogen) atoms. The number of hydrogen-bond acceptors (Lipinski definition) is 0. The number of aromatic nitrogens is 2. The maximum atomic E-state index is 2.44. The number of fused-ring (bicyclic) bond motifs is 6. The molecule has 0 aliphatic rings. The number of nitrogens with zero attached hydrogens (tertiary/aromatic N) is 2. The van der Waals surface area contributed by atoms with Crippen LogP contribution in [0.1, 0.15) is 0 Å². The first-order valence-electron chi connectivity index (χ1n) is 17.2. The van der Waals surface area contributed by atoms with Gasteiger partial charge in [-0.1, -0.05) is 140 Å². The summed E-state index contributed by atoms with van der Waals surface area (Å²) >= 11 is 0. The van der Waals surface area contributed by atoms with Crippen molar-refractivity contribution in [3.8, 4) is 44.8 Å². The van der Waals surface area contributed by atoms with Gasteiger partial charge in [0.05, 0.1) is 22.1 Å². The second-order valence-electron chi connectivity index (χ2n) is 13.0. The van der Waals surface area contributed by atoms with Gasteiger partial charge in [0.15, 0.2) is 0 Å². The fourth-order valence-corrected chi connectivity index (χ4v) is 7.78. The fourth-order valence-electron chi connectivity index (χ4n) is 7.78. The molecule has 0 unspecified atom stereocenters. The first-order chi connectivity index (χ1) is 24.8. The van der Waals surface area contributed by atoms with E-state index in [4.69, 9.17) is 0 Å². The first kappa shape index (κ1) is 28.4. The van der Waals surface area contributed by atoms with E-state index in [1.807, 2.05) is 0 Å². The summed E-state index contributed by atoms with van der Waals surface area (Å²) in [5, 5.41) is 4.98. The maximum Gasteiger partial charge on any atom is 0.0548 e. The van der Waals surface area contributed by atoms with Crippen LogP contribution in [-0.2, 0) is 0 Å². The number of para-hydroxylation sites is 2. The molecule has 0 amide bonds. The first-order valence-corrected chi connectivity index (χ1v) is 17.2. The highest BCUT2D eigenvalue weighted by Gasteiger charge is 2.19. The van der Waals surface area contributed by atoms with Crippen molar-refractivity contribution in [1.82, 2.24) is 9.13 Å². The lowest BCUT2D eigenvalue weighted by Gasteiger charge is -2.12. The monoisotopic (exact) mass is 636 g/mol. The van der Waals surface area contributed by atoms with Gasteiger partial charge < -0.3 is 9.13 Å². The van der Waals surface area contributed by atoms with Crippen LogP contribution in [0.4, 0.5) is 0 Å². The number of hydrogen-bond donors (Lipinski definition) is 0. The van der Waals surface area contributed by atoms with E-state index >= 15 is 0 Å². The average Bonchev–Trinajstić information content (AvgIpc) is 3.70. The van der Waals surface area contributed by atoms with Crippen LogP contribution in [0.15, 0.2) is 194 Å². The van der Waals surface area contributed by atoms with Crippen LogP contribution < -0.4 is 0 Å². The molecule has 8 aromatic carbocycles. The molecule has 0 fully saturated rings. The van der Waals surface area contributed by atoms with Gasteiger partial charge in [0, 0.05) is 32.9 Å². The van der Waals surface area contributed by atoms with Gasteiger partial charge in [0.25, 0.3) is 0 Å². The van der Waals surface area contributed by atoms with Crippen molar-refractivity contribution in [3.63, 3.8) is 0 Å². The molecule has 0 radical (unpaired) electrons. The molecule has 2 heteroatoms. The molecule has 0 atom stereocenters. The lowest BCUT2D eigenvalue weighted by molar-refractivity contribution is 1.17. The summed E-state index contributed by atoms with van der Waals surface area (Å²) in [7, 11) is 0. The second-order valence-corrected chi connectivity index (χ2v) is 13.0. The molecule has 10 aromatic rings. The Kier molecular flexibility index (Phi) is 6.53. The summed E-state index contributed by atoms with van der Waals surface area (Å²) in [6.07, 6.45) is 0. The van der Waals surface area contributed by atoms with Crippen LogP contribution in [0.2, 0.25) is 0 Å². The van der Waals surface area contributed by atoms with Crippen molar-refractivity contribution in [1.29, 1.82) is 0 Å². The molecule has 234 valence electrons. The summed E-state index contributed by atoms with van der Waals surface area (Å²) in [6, 6.07) is 70.4.